The van der Waals surface area contributed by atoms with E-state index in [1.54, 1.807) is 4.57 Å². The Morgan fingerprint density at radius 3 is 2.78 bits per heavy atom. The Morgan fingerprint density at radius 2 is 1.97 bits per heavy atom. The van der Waals surface area contributed by atoms with Crippen molar-refractivity contribution in [1.29, 1.82) is 0 Å². The number of hydrogen-bond acceptors (Lipinski definition) is 6. The molecule has 184 valence electrons. The predicted molar refractivity (Wildman–Crippen MR) is 142 cm³/mol. The van der Waals surface area contributed by atoms with Crippen molar-refractivity contribution in [2.45, 2.75) is 32.1 Å². The van der Waals surface area contributed by atoms with E-state index in [2.05, 4.69) is 53.6 Å². The van der Waals surface area contributed by atoms with Gasteiger partial charge in [0.2, 0.25) is 11.4 Å². The molecule has 0 saturated carbocycles. The zero-order chi connectivity index (χ0) is 25.2. The fraction of sp³-hybridized carbons (Fsp3) is 0.286. The molecule has 8 heteroatoms. The quantitative estimate of drug-likeness (QED) is 0.397. The summed E-state index contributed by atoms with van der Waals surface area (Å²) in [6, 6.07) is 14.4. The van der Waals surface area contributed by atoms with Crippen molar-refractivity contribution in [3.63, 3.8) is 0 Å². The molecule has 0 unspecified atom stereocenters. The Morgan fingerprint density at radius 1 is 1.14 bits per heavy atom. The number of amides is 1. The first-order chi connectivity index (χ1) is 17.4. The average Bonchev–Trinajstić information content (AvgIpc) is 3.32. The van der Waals surface area contributed by atoms with Crippen molar-refractivity contribution in [2.24, 2.45) is 5.73 Å². The highest BCUT2D eigenvalue weighted by atomic mass is 16.2. The Balaban J connectivity index is 1.54. The average molecular weight is 483 g/mol. The predicted octanol–water partition coefficient (Wildman–Crippen LogP) is 3.61. The molecule has 3 N–H and O–H groups in total. The van der Waals surface area contributed by atoms with Crippen LogP contribution >= 0.6 is 0 Å². The molecule has 2 heterocycles. The minimum absolute atomic E-state index is 0.0854. The highest BCUT2D eigenvalue weighted by molar-refractivity contribution is 5.96. The summed E-state index contributed by atoms with van der Waals surface area (Å²) in [6.07, 6.45) is 8.20. The van der Waals surface area contributed by atoms with Gasteiger partial charge in [0.05, 0.1) is 5.39 Å². The van der Waals surface area contributed by atoms with Crippen LogP contribution in [0.15, 0.2) is 59.7 Å². The third kappa shape index (κ3) is 4.85. The van der Waals surface area contributed by atoms with Crippen LogP contribution in [0, 0.1) is 0 Å². The van der Waals surface area contributed by atoms with Gasteiger partial charge in [-0.2, -0.15) is 4.98 Å². The number of nitrogens with two attached hydrogens (primary N) is 1. The second-order valence-electron chi connectivity index (χ2n) is 9.58. The maximum Gasteiger partial charge on any atom is 0.254 e. The lowest BCUT2D eigenvalue weighted by Gasteiger charge is -2.14. The minimum Gasteiger partial charge on any atom is -0.365 e. The van der Waals surface area contributed by atoms with Crippen LogP contribution in [0.4, 0.5) is 11.6 Å². The van der Waals surface area contributed by atoms with Gasteiger partial charge in [0, 0.05) is 23.8 Å². The molecule has 8 nitrogen and oxygen atoms in total. The Hall–Kier alpha value is -4.04. The van der Waals surface area contributed by atoms with E-state index < -0.39 is 11.3 Å². The number of fused-ring (bicyclic) bond motifs is 2. The molecule has 0 spiro atoms. The number of anilines is 2. The highest BCUT2D eigenvalue weighted by Crippen LogP contribution is 2.26. The standard InChI is InChI=1S/C28H30N6O2/c1-33(2)13-5-7-18-6-3-10-21(14-18)31-28-30-16-23-25(35)24(26(29)36)17-34(27(23)32-28)22-12-11-19-8-4-9-20(19)15-22/h3,6,10-12,14-17H,4-5,7-9,13H2,1-2H3,(H2,29,36)(H,30,31,32). The summed E-state index contributed by atoms with van der Waals surface area (Å²) < 4.78 is 1.76. The van der Waals surface area contributed by atoms with Gasteiger partial charge in [-0.05, 0) is 93.7 Å². The number of nitrogens with one attached hydrogen (secondary N) is 1. The van der Waals surface area contributed by atoms with Crippen LogP contribution in [0.5, 0.6) is 0 Å². The monoisotopic (exact) mass is 482 g/mol. The maximum atomic E-state index is 13.0. The summed E-state index contributed by atoms with van der Waals surface area (Å²) in [5.74, 6) is -0.404. The third-order valence-electron chi connectivity index (χ3n) is 6.62. The van der Waals surface area contributed by atoms with E-state index in [-0.39, 0.29) is 10.9 Å². The number of aryl methyl sites for hydroxylation is 3. The van der Waals surface area contributed by atoms with Gasteiger partial charge in [-0.15, -0.1) is 0 Å². The zero-order valence-electron chi connectivity index (χ0n) is 20.6. The van der Waals surface area contributed by atoms with Crippen molar-refractivity contribution >= 4 is 28.6 Å². The minimum atomic E-state index is -0.773. The number of carbonyl (C=O) groups is 1. The fourth-order valence-electron chi connectivity index (χ4n) is 4.78. The number of primary amides is 1. The van der Waals surface area contributed by atoms with Crippen molar-refractivity contribution in [1.82, 2.24) is 19.4 Å². The fourth-order valence-corrected chi connectivity index (χ4v) is 4.78. The number of rotatable bonds is 8. The molecule has 0 atom stereocenters. The highest BCUT2D eigenvalue weighted by Gasteiger charge is 2.18. The van der Waals surface area contributed by atoms with Crippen LogP contribution in [0.2, 0.25) is 0 Å². The van der Waals surface area contributed by atoms with Gasteiger partial charge < -0.3 is 20.5 Å². The van der Waals surface area contributed by atoms with E-state index in [1.807, 2.05) is 18.2 Å². The van der Waals surface area contributed by atoms with E-state index >= 15 is 0 Å². The molecular formula is C28H30N6O2. The molecular weight excluding hydrogens is 452 g/mol. The van der Waals surface area contributed by atoms with Crippen LogP contribution in [0.1, 0.15) is 39.9 Å². The van der Waals surface area contributed by atoms with Crippen LogP contribution in [-0.2, 0) is 19.3 Å². The molecule has 0 bridgehead atoms. The summed E-state index contributed by atoms with van der Waals surface area (Å²) >= 11 is 0. The van der Waals surface area contributed by atoms with E-state index in [9.17, 15) is 9.59 Å². The molecule has 1 aliphatic rings. The normalized spacial score (nSPS) is 12.8. The molecule has 0 fully saturated rings. The summed E-state index contributed by atoms with van der Waals surface area (Å²) in [5.41, 5.74) is 10.9. The molecule has 2 aromatic heterocycles. The SMILES string of the molecule is CN(C)CCCc1cccc(Nc2ncc3c(=O)c(C(N)=O)cn(-c4ccc5c(c4)CCC5)c3n2)c1. The van der Waals surface area contributed by atoms with Crippen molar-refractivity contribution in [3.8, 4) is 5.69 Å². The first kappa shape index (κ1) is 23.7. The lowest BCUT2D eigenvalue weighted by atomic mass is 10.1. The van der Waals surface area contributed by atoms with Gasteiger partial charge in [0.25, 0.3) is 5.91 Å². The van der Waals surface area contributed by atoms with Crippen molar-refractivity contribution in [3.05, 3.63) is 87.3 Å². The van der Waals surface area contributed by atoms with Crippen LogP contribution in [-0.4, -0.2) is 46.0 Å². The topological polar surface area (TPSA) is 106 Å². The lowest BCUT2D eigenvalue weighted by molar-refractivity contribution is 0.0999. The smallest absolute Gasteiger partial charge is 0.254 e. The number of benzene rings is 2. The van der Waals surface area contributed by atoms with Crippen LogP contribution < -0.4 is 16.5 Å². The first-order valence-corrected chi connectivity index (χ1v) is 12.2. The first-order valence-electron chi connectivity index (χ1n) is 12.2. The maximum absolute atomic E-state index is 13.0. The number of hydrogen-bond donors (Lipinski definition) is 2. The van der Waals surface area contributed by atoms with Gasteiger partial charge in [0.1, 0.15) is 5.56 Å². The van der Waals surface area contributed by atoms with Crippen molar-refractivity contribution in [2.75, 3.05) is 26.0 Å². The van der Waals surface area contributed by atoms with Gasteiger partial charge >= 0.3 is 0 Å². The van der Waals surface area contributed by atoms with Gasteiger partial charge in [-0.3, -0.25) is 9.59 Å². The molecule has 0 aliphatic heterocycles. The van der Waals surface area contributed by atoms with E-state index in [4.69, 9.17) is 10.7 Å². The Labute approximate surface area is 209 Å². The molecule has 4 aromatic rings. The van der Waals surface area contributed by atoms with Gasteiger partial charge in [-0.25, -0.2) is 4.98 Å². The molecule has 2 aromatic carbocycles. The van der Waals surface area contributed by atoms with Gasteiger partial charge in [-0.1, -0.05) is 18.2 Å². The van der Waals surface area contributed by atoms with E-state index in [0.717, 1.165) is 50.0 Å². The van der Waals surface area contributed by atoms with E-state index in [1.165, 1.54) is 29.1 Å². The Kier molecular flexibility index (Phi) is 6.52. The summed E-state index contributed by atoms with van der Waals surface area (Å²) in [5, 5.41) is 3.52. The number of carbonyl (C=O) groups excluding carboxylic acids is 1. The molecule has 36 heavy (non-hydrogen) atoms. The molecule has 0 radical (unpaired) electrons. The second-order valence-corrected chi connectivity index (χ2v) is 9.58. The Bertz CT molecular complexity index is 1510. The number of pyridine rings is 1. The molecule has 0 saturated heterocycles. The number of nitrogens with zero attached hydrogens (tertiary/aromatic N) is 4. The van der Waals surface area contributed by atoms with Crippen molar-refractivity contribution < 1.29 is 4.79 Å². The zero-order valence-corrected chi connectivity index (χ0v) is 20.6. The number of aromatic nitrogens is 3. The lowest BCUT2D eigenvalue weighted by Crippen LogP contribution is -2.24. The van der Waals surface area contributed by atoms with Crippen LogP contribution in [0.3, 0.4) is 0 Å². The summed E-state index contributed by atoms with van der Waals surface area (Å²) in [4.78, 5) is 36.3. The summed E-state index contributed by atoms with van der Waals surface area (Å²) in [6.45, 7) is 1.03. The van der Waals surface area contributed by atoms with Gasteiger partial charge in [0.15, 0.2) is 5.65 Å². The van der Waals surface area contributed by atoms with E-state index in [0.29, 0.717) is 11.6 Å². The molecule has 1 amide bonds. The third-order valence-corrected chi connectivity index (χ3v) is 6.62. The molecule has 1 aliphatic carbocycles. The van der Waals surface area contributed by atoms with Crippen LogP contribution in [0.25, 0.3) is 16.7 Å². The largest absolute Gasteiger partial charge is 0.365 e. The second kappa shape index (κ2) is 9.91. The molecule has 5 rings (SSSR count). The summed E-state index contributed by atoms with van der Waals surface area (Å²) in [7, 11) is 4.15.